The van der Waals surface area contributed by atoms with Gasteiger partial charge in [-0.2, -0.15) is 4.79 Å². The van der Waals surface area contributed by atoms with Crippen LogP contribution in [0.3, 0.4) is 0 Å². The SMILES string of the molecule is CCN(CC)C1=CCC(=[N+]=[N-])C=C1.[Cl][Zn]. The summed E-state index contributed by atoms with van der Waals surface area (Å²) in [6.45, 7) is 6.29. The average Bonchev–Trinajstić information content (AvgIpc) is 2.34. The van der Waals surface area contributed by atoms with Gasteiger partial charge in [-0.15, -0.1) is 0 Å². The minimum atomic E-state index is 0.718. The molecule has 1 aliphatic rings. The molecule has 0 aromatic rings. The second-order valence-corrected chi connectivity index (χ2v) is 2.93. The monoisotopic (exact) mass is 276 g/mol. The van der Waals surface area contributed by atoms with Crippen molar-refractivity contribution in [2.75, 3.05) is 13.1 Å². The fourth-order valence-corrected chi connectivity index (χ4v) is 1.42. The fraction of sp³-hybridized carbons (Fsp3) is 0.500. The first-order valence-corrected chi connectivity index (χ1v) is 8.82. The van der Waals surface area contributed by atoms with Crippen molar-refractivity contribution in [3.8, 4) is 0 Å². The van der Waals surface area contributed by atoms with Gasteiger partial charge in [-0.3, -0.25) is 0 Å². The Morgan fingerprint density at radius 2 is 2.00 bits per heavy atom. The van der Waals surface area contributed by atoms with Crippen molar-refractivity contribution in [1.82, 2.24) is 4.90 Å². The maximum atomic E-state index is 8.52. The Labute approximate surface area is 105 Å². The number of rotatable bonds is 3. The van der Waals surface area contributed by atoms with Crippen LogP contribution in [-0.2, 0) is 17.3 Å². The molecule has 0 bridgehead atoms. The van der Waals surface area contributed by atoms with Gasteiger partial charge < -0.3 is 10.4 Å². The molecular weight excluding hydrogens is 263 g/mol. The Hall–Kier alpha value is -0.427. The normalized spacial score (nSPS) is 13.7. The van der Waals surface area contributed by atoms with Crippen LogP contribution < -0.4 is 0 Å². The van der Waals surface area contributed by atoms with Crippen LogP contribution in [0, 0.1) is 0 Å². The van der Waals surface area contributed by atoms with Gasteiger partial charge >= 0.3 is 27.0 Å². The van der Waals surface area contributed by atoms with Gasteiger partial charge in [-0.25, -0.2) is 0 Å². The van der Waals surface area contributed by atoms with E-state index in [4.69, 9.17) is 15.2 Å². The van der Waals surface area contributed by atoms with Gasteiger partial charge in [0.1, 0.15) is 0 Å². The van der Waals surface area contributed by atoms with Crippen LogP contribution in [0.1, 0.15) is 20.3 Å². The van der Waals surface area contributed by atoms with Crippen molar-refractivity contribution in [2.24, 2.45) is 0 Å². The summed E-state index contributed by atoms with van der Waals surface area (Å²) < 4.78 is 0. The summed E-state index contributed by atoms with van der Waals surface area (Å²) in [5.74, 6) is 0. The molecule has 0 atom stereocenters. The van der Waals surface area contributed by atoms with E-state index in [-0.39, 0.29) is 0 Å². The van der Waals surface area contributed by atoms with Crippen LogP contribution in [0.15, 0.2) is 23.9 Å². The summed E-state index contributed by atoms with van der Waals surface area (Å²) in [4.78, 5) is 5.43. The summed E-state index contributed by atoms with van der Waals surface area (Å²) in [6, 6.07) is 0. The third-order valence-electron chi connectivity index (χ3n) is 2.22. The second-order valence-electron chi connectivity index (χ2n) is 2.93. The van der Waals surface area contributed by atoms with Crippen LogP contribution >= 0.6 is 9.69 Å². The van der Waals surface area contributed by atoms with Crippen molar-refractivity contribution in [3.05, 3.63) is 29.5 Å². The van der Waals surface area contributed by atoms with Crippen LogP contribution in [0.4, 0.5) is 0 Å². The Kier molecular flexibility index (Phi) is 8.60. The van der Waals surface area contributed by atoms with Gasteiger partial charge in [-0.1, -0.05) is 0 Å². The van der Waals surface area contributed by atoms with Crippen LogP contribution in [-0.4, -0.2) is 28.5 Å². The Morgan fingerprint density at radius 3 is 2.33 bits per heavy atom. The van der Waals surface area contributed by atoms with Gasteiger partial charge in [0.2, 0.25) is 0 Å². The molecule has 0 heterocycles. The molecule has 3 nitrogen and oxygen atoms in total. The van der Waals surface area contributed by atoms with E-state index in [2.05, 4.69) is 29.6 Å². The zero-order valence-corrected chi connectivity index (χ0v) is 13.0. The van der Waals surface area contributed by atoms with E-state index < -0.39 is 0 Å². The fourth-order valence-electron chi connectivity index (χ4n) is 1.42. The van der Waals surface area contributed by atoms with Crippen molar-refractivity contribution in [1.29, 1.82) is 0 Å². The van der Waals surface area contributed by atoms with Gasteiger partial charge in [0.05, 0.1) is 6.42 Å². The molecule has 0 aromatic heterocycles. The third kappa shape index (κ3) is 4.75. The van der Waals surface area contributed by atoms with E-state index in [0.717, 1.165) is 42.5 Å². The molecule has 0 radical (unpaired) electrons. The number of nitrogens with zero attached hydrogens (tertiary/aromatic N) is 3. The summed E-state index contributed by atoms with van der Waals surface area (Å²) in [5, 5.41) is 0. The molecular formula is C10H15ClN3Zn. The molecule has 0 amide bonds. The molecule has 5 heteroatoms. The van der Waals surface area contributed by atoms with Crippen LogP contribution in [0.5, 0.6) is 0 Å². The molecule has 0 aromatic carbocycles. The second kappa shape index (κ2) is 8.85. The van der Waals surface area contributed by atoms with Gasteiger partial charge in [0.15, 0.2) is 0 Å². The first kappa shape index (κ1) is 14.6. The quantitative estimate of drug-likeness (QED) is 0.444. The van der Waals surface area contributed by atoms with Gasteiger partial charge in [0, 0.05) is 24.9 Å². The predicted molar refractivity (Wildman–Crippen MR) is 59.2 cm³/mol. The Balaban J connectivity index is 0.000000921. The molecule has 1 rings (SSSR count). The van der Waals surface area contributed by atoms with E-state index in [1.165, 1.54) is 5.70 Å². The number of hydrogen-bond donors (Lipinski definition) is 0. The van der Waals surface area contributed by atoms with E-state index in [1.807, 2.05) is 12.2 Å². The molecule has 79 valence electrons. The van der Waals surface area contributed by atoms with E-state index in [1.54, 1.807) is 0 Å². The number of allylic oxidation sites excluding steroid dienone is 3. The average molecular weight is 278 g/mol. The van der Waals surface area contributed by atoms with E-state index >= 15 is 0 Å². The Morgan fingerprint density at radius 1 is 1.40 bits per heavy atom. The number of halogens is 1. The zero-order valence-electron chi connectivity index (χ0n) is 9.28. The molecule has 0 aliphatic heterocycles. The summed E-state index contributed by atoms with van der Waals surface area (Å²) in [6.07, 6.45) is 6.65. The minimum absolute atomic E-state index is 0.718. The van der Waals surface area contributed by atoms with Crippen molar-refractivity contribution in [3.63, 3.8) is 0 Å². The predicted octanol–water partition coefficient (Wildman–Crippen LogP) is 2.53. The maximum absolute atomic E-state index is 8.52. The van der Waals surface area contributed by atoms with Gasteiger partial charge in [-0.05, 0) is 26.0 Å². The third-order valence-corrected chi connectivity index (χ3v) is 2.22. The van der Waals surface area contributed by atoms with Crippen molar-refractivity contribution < 1.29 is 22.1 Å². The number of hydrogen-bond acceptors (Lipinski definition) is 1. The Bertz CT molecular complexity index is 289. The van der Waals surface area contributed by atoms with Crippen LogP contribution in [0.2, 0.25) is 0 Å². The molecule has 0 fully saturated rings. The van der Waals surface area contributed by atoms with Crippen molar-refractivity contribution >= 4 is 15.4 Å². The molecule has 15 heavy (non-hydrogen) atoms. The van der Waals surface area contributed by atoms with E-state index in [0.29, 0.717) is 0 Å². The molecule has 0 spiro atoms. The van der Waals surface area contributed by atoms with Gasteiger partial charge in [0.25, 0.3) is 5.71 Å². The molecule has 1 aliphatic carbocycles. The summed E-state index contributed by atoms with van der Waals surface area (Å²) >= 11 is 0.847. The summed E-state index contributed by atoms with van der Waals surface area (Å²) in [5.41, 5.74) is 10.5. The molecule has 0 saturated carbocycles. The topological polar surface area (TPSA) is 39.6 Å². The van der Waals surface area contributed by atoms with Crippen molar-refractivity contribution in [2.45, 2.75) is 20.3 Å². The first-order chi connectivity index (χ1) is 7.31. The standard InChI is InChI=1S/C10H15N3.ClH.Zn/c1-3-13(4-2)10-7-5-9(12-11)6-8-10;;/h5,7-8H,3-4,6H2,1-2H3;1H;/q;;+1/p-1. The molecule has 0 unspecified atom stereocenters. The van der Waals surface area contributed by atoms with Crippen LogP contribution in [0.25, 0.3) is 5.53 Å². The number of likely N-dealkylation sites (N-methyl/N-ethyl adjacent to an activating group) is 1. The molecule has 0 N–H and O–H groups in total. The zero-order chi connectivity index (χ0) is 11.7. The van der Waals surface area contributed by atoms with E-state index in [9.17, 15) is 0 Å². The molecule has 0 saturated heterocycles. The first-order valence-electron chi connectivity index (χ1n) is 4.92. The summed E-state index contributed by atoms with van der Waals surface area (Å²) in [7, 11) is 4.76.